The van der Waals surface area contributed by atoms with Gasteiger partial charge in [0.15, 0.2) is 0 Å². The monoisotopic (exact) mass is 287 g/mol. The van der Waals surface area contributed by atoms with Crippen LogP contribution in [0.2, 0.25) is 0 Å². The molecule has 0 atom stereocenters. The maximum Gasteiger partial charge on any atom is 0.438 e. The SMILES string of the molecule is COC(=O)N(OC)c1ccccc1COc1ccccc1. The highest BCUT2D eigenvalue weighted by molar-refractivity contribution is 5.86. The average molecular weight is 287 g/mol. The Bertz CT molecular complexity index is 586. The Kier molecular flexibility index (Phi) is 5.17. The van der Waals surface area contributed by atoms with Crippen LogP contribution in [0.3, 0.4) is 0 Å². The topological polar surface area (TPSA) is 48.0 Å². The summed E-state index contributed by atoms with van der Waals surface area (Å²) in [5, 5.41) is 1.09. The molecule has 0 bridgehead atoms. The van der Waals surface area contributed by atoms with E-state index in [1.165, 1.54) is 14.2 Å². The lowest BCUT2D eigenvalue weighted by molar-refractivity contribution is 0.115. The number of rotatable bonds is 5. The first-order valence-electron chi connectivity index (χ1n) is 6.44. The normalized spacial score (nSPS) is 10.0. The van der Waals surface area contributed by atoms with Crippen molar-refractivity contribution in [3.05, 3.63) is 60.2 Å². The summed E-state index contributed by atoms with van der Waals surface area (Å²) in [4.78, 5) is 16.8. The molecule has 2 rings (SSSR count). The van der Waals surface area contributed by atoms with Gasteiger partial charge in [0, 0.05) is 5.56 Å². The number of carbonyl (C=O) groups is 1. The average Bonchev–Trinajstić information content (AvgIpc) is 2.55. The van der Waals surface area contributed by atoms with E-state index in [0.717, 1.165) is 16.4 Å². The van der Waals surface area contributed by atoms with E-state index in [-0.39, 0.29) is 0 Å². The molecule has 0 N–H and O–H groups in total. The first kappa shape index (κ1) is 14.9. The highest BCUT2D eigenvalue weighted by atomic mass is 16.7. The summed E-state index contributed by atoms with van der Waals surface area (Å²) in [6.45, 7) is 0.317. The standard InChI is InChI=1S/C16H17NO4/c1-19-16(18)17(20-2)15-11-7-6-8-13(15)12-21-14-9-4-3-5-10-14/h3-11H,12H2,1-2H3. The molecular formula is C16H17NO4. The maximum absolute atomic E-state index is 11.7. The number of anilines is 1. The highest BCUT2D eigenvalue weighted by Crippen LogP contribution is 2.23. The van der Waals surface area contributed by atoms with E-state index >= 15 is 0 Å². The molecule has 0 spiro atoms. The molecule has 0 aliphatic heterocycles. The number of carbonyl (C=O) groups excluding carboxylic acids is 1. The minimum Gasteiger partial charge on any atom is -0.489 e. The number of nitrogens with zero attached hydrogens (tertiary/aromatic N) is 1. The summed E-state index contributed by atoms with van der Waals surface area (Å²) in [6, 6.07) is 16.8. The second kappa shape index (κ2) is 7.31. The van der Waals surface area contributed by atoms with Crippen molar-refractivity contribution in [1.29, 1.82) is 0 Å². The lowest BCUT2D eigenvalue weighted by Gasteiger charge is -2.21. The molecule has 5 nitrogen and oxygen atoms in total. The van der Waals surface area contributed by atoms with Crippen LogP contribution in [0.15, 0.2) is 54.6 Å². The Morgan fingerprint density at radius 3 is 2.33 bits per heavy atom. The smallest absolute Gasteiger partial charge is 0.438 e. The molecule has 1 amide bonds. The van der Waals surface area contributed by atoms with Gasteiger partial charge in [0.2, 0.25) is 0 Å². The van der Waals surface area contributed by atoms with Crippen molar-refractivity contribution in [2.45, 2.75) is 6.61 Å². The third kappa shape index (κ3) is 3.73. The molecule has 0 saturated heterocycles. The molecule has 0 radical (unpaired) electrons. The molecule has 0 fully saturated rings. The predicted octanol–water partition coefficient (Wildman–Crippen LogP) is 3.40. The first-order valence-corrected chi connectivity index (χ1v) is 6.44. The number of methoxy groups -OCH3 is 1. The van der Waals surface area contributed by atoms with E-state index in [2.05, 4.69) is 0 Å². The van der Waals surface area contributed by atoms with Gasteiger partial charge in [-0.3, -0.25) is 4.84 Å². The van der Waals surface area contributed by atoms with Crippen LogP contribution >= 0.6 is 0 Å². The van der Waals surface area contributed by atoms with Crippen molar-refractivity contribution in [1.82, 2.24) is 0 Å². The number of hydrogen-bond donors (Lipinski definition) is 0. The lowest BCUT2D eigenvalue weighted by atomic mass is 10.2. The second-order valence-electron chi connectivity index (χ2n) is 4.18. The van der Waals surface area contributed by atoms with Crippen LogP contribution in [0.25, 0.3) is 0 Å². The van der Waals surface area contributed by atoms with Crippen LogP contribution in [0, 0.1) is 0 Å². The third-order valence-electron chi connectivity index (χ3n) is 2.87. The van der Waals surface area contributed by atoms with Gasteiger partial charge in [-0.05, 0) is 18.2 Å². The van der Waals surface area contributed by atoms with E-state index in [4.69, 9.17) is 14.3 Å². The molecule has 21 heavy (non-hydrogen) atoms. The minimum atomic E-state index is -0.593. The number of para-hydroxylation sites is 2. The minimum absolute atomic E-state index is 0.317. The van der Waals surface area contributed by atoms with Gasteiger partial charge in [-0.15, -0.1) is 0 Å². The number of ether oxygens (including phenoxy) is 2. The molecule has 0 aliphatic rings. The van der Waals surface area contributed by atoms with Crippen LogP contribution in [-0.4, -0.2) is 20.3 Å². The fourth-order valence-corrected chi connectivity index (χ4v) is 1.86. The van der Waals surface area contributed by atoms with Gasteiger partial charge >= 0.3 is 6.09 Å². The first-order chi connectivity index (χ1) is 10.3. The van der Waals surface area contributed by atoms with Crippen molar-refractivity contribution >= 4 is 11.8 Å². The lowest BCUT2D eigenvalue weighted by Crippen LogP contribution is -2.30. The van der Waals surface area contributed by atoms with E-state index in [0.29, 0.717) is 12.3 Å². The molecule has 2 aromatic carbocycles. The maximum atomic E-state index is 11.7. The zero-order valence-electron chi connectivity index (χ0n) is 12.0. The van der Waals surface area contributed by atoms with Gasteiger partial charge in [-0.2, -0.15) is 5.06 Å². The Morgan fingerprint density at radius 2 is 1.67 bits per heavy atom. The third-order valence-corrected chi connectivity index (χ3v) is 2.87. The molecule has 0 aliphatic carbocycles. The van der Waals surface area contributed by atoms with Crippen molar-refractivity contribution in [2.75, 3.05) is 19.3 Å². The molecule has 110 valence electrons. The van der Waals surface area contributed by atoms with E-state index in [9.17, 15) is 4.79 Å². The molecule has 0 heterocycles. The van der Waals surface area contributed by atoms with Crippen molar-refractivity contribution in [3.63, 3.8) is 0 Å². The van der Waals surface area contributed by atoms with Gasteiger partial charge in [-0.25, -0.2) is 4.79 Å². The Labute approximate surface area is 123 Å². The summed E-state index contributed by atoms with van der Waals surface area (Å²) >= 11 is 0. The molecule has 5 heteroatoms. The molecule has 2 aromatic rings. The van der Waals surface area contributed by atoms with E-state index < -0.39 is 6.09 Å². The summed E-state index contributed by atoms with van der Waals surface area (Å²) in [5.41, 5.74) is 1.40. The Morgan fingerprint density at radius 1 is 1.00 bits per heavy atom. The quantitative estimate of drug-likeness (QED) is 0.791. The van der Waals surface area contributed by atoms with Gasteiger partial charge in [0.25, 0.3) is 0 Å². The summed E-state index contributed by atoms with van der Waals surface area (Å²) < 4.78 is 10.4. The van der Waals surface area contributed by atoms with Gasteiger partial charge in [0.1, 0.15) is 12.4 Å². The van der Waals surface area contributed by atoms with Crippen molar-refractivity contribution in [2.24, 2.45) is 0 Å². The second-order valence-corrected chi connectivity index (χ2v) is 4.18. The van der Waals surface area contributed by atoms with Crippen LogP contribution < -0.4 is 9.80 Å². The molecule has 0 aromatic heterocycles. The summed E-state index contributed by atoms with van der Waals surface area (Å²) in [6.07, 6.45) is -0.593. The van der Waals surface area contributed by atoms with Crippen LogP contribution in [-0.2, 0) is 16.2 Å². The number of benzene rings is 2. The van der Waals surface area contributed by atoms with Gasteiger partial charge < -0.3 is 9.47 Å². The van der Waals surface area contributed by atoms with E-state index in [1.54, 1.807) is 6.07 Å². The fraction of sp³-hybridized carbons (Fsp3) is 0.188. The number of hydrogen-bond acceptors (Lipinski definition) is 4. The summed E-state index contributed by atoms with van der Waals surface area (Å²) in [5.74, 6) is 0.759. The fourth-order valence-electron chi connectivity index (χ4n) is 1.86. The molecule has 0 saturated carbocycles. The zero-order valence-corrected chi connectivity index (χ0v) is 12.0. The number of amides is 1. The predicted molar refractivity (Wildman–Crippen MR) is 79.1 cm³/mol. The van der Waals surface area contributed by atoms with Crippen molar-refractivity contribution in [3.8, 4) is 5.75 Å². The zero-order chi connectivity index (χ0) is 15.1. The van der Waals surface area contributed by atoms with Crippen LogP contribution in [0.4, 0.5) is 10.5 Å². The summed E-state index contributed by atoms with van der Waals surface area (Å²) in [7, 11) is 2.71. The Hall–Kier alpha value is -2.53. The Balaban J connectivity index is 2.18. The van der Waals surface area contributed by atoms with Gasteiger partial charge in [-0.1, -0.05) is 36.4 Å². The van der Waals surface area contributed by atoms with Gasteiger partial charge in [0.05, 0.1) is 19.9 Å². The van der Waals surface area contributed by atoms with E-state index in [1.807, 2.05) is 48.5 Å². The molecular weight excluding hydrogens is 270 g/mol. The largest absolute Gasteiger partial charge is 0.489 e. The van der Waals surface area contributed by atoms with Crippen molar-refractivity contribution < 1.29 is 19.1 Å². The number of hydroxylamine groups is 1. The highest BCUT2D eigenvalue weighted by Gasteiger charge is 2.19. The van der Waals surface area contributed by atoms with Crippen LogP contribution in [0.5, 0.6) is 5.75 Å². The molecule has 0 unspecified atom stereocenters. The van der Waals surface area contributed by atoms with Crippen LogP contribution in [0.1, 0.15) is 5.56 Å².